The maximum Gasteiger partial charge on any atom is 0.251 e. The molecule has 2 aromatic carbocycles. The number of fused-ring (bicyclic) bond motifs is 2. The van der Waals surface area contributed by atoms with Gasteiger partial charge in [-0.05, 0) is 61.7 Å². The number of hydrogen-bond donors (Lipinski definition) is 3. The van der Waals surface area contributed by atoms with Gasteiger partial charge in [-0.1, -0.05) is 24.6 Å². The lowest BCUT2D eigenvalue weighted by molar-refractivity contribution is -0.133. The zero-order chi connectivity index (χ0) is 22.9. The van der Waals surface area contributed by atoms with Gasteiger partial charge in [0.15, 0.2) is 0 Å². The van der Waals surface area contributed by atoms with Gasteiger partial charge in [0.25, 0.3) is 5.91 Å². The van der Waals surface area contributed by atoms with E-state index in [9.17, 15) is 9.59 Å². The molecule has 5 rings (SSSR count). The molecule has 168 valence electrons. The first kappa shape index (κ1) is 21.2. The van der Waals surface area contributed by atoms with E-state index in [1.54, 1.807) is 5.48 Å². The summed E-state index contributed by atoms with van der Waals surface area (Å²) < 4.78 is 2.18. The van der Waals surface area contributed by atoms with Crippen LogP contribution in [-0.2, 0) is 11.3 Å². The maximum absolute atomic E-state index is 12.9. The van der Waals surface area contributed by atoms with E-state index in [4.69, 9.17) is 5.21 Å². The van der Waals surface area contributed by atoms with E-state index < -0.39 is 11.8 Å². The molecule has 3 N–H and O–H groups in total. The van der Waals surface area contributed by atoms with Crippen LogP contribution in [0.3, 0.4) is 0 Å². The summed E-state index contributed by atoms with van der Waals surface area (Å²) in [7, 11) is 0. The molecule has 33 heavy (non-hydrogen) atoms. The number of carbonyl (C=O) groups is 2. The summed E-state index contributed by atoms with van der Waals surface area (Å²) >= 11 is 0. The first-order valence-electron chi connectivity index (χ1n) is 11.2. The second-order valence-corrected chi connectivity index (χ2v) is 8.75. The Hall–Kier alpha value is -3.71. The van der Waals surface area contributed by atoms with Crippen LogP contribution >= 0.6 is 0 Å². The maximum atomic E-state index is 12.9. The van der Waals surface area contributed by atoms with Gasteiger partial charge in [-0.15, -0.1) is 0 Å². The summed E-state index contributed by atoms with van der Waals surface area (Å²) in [6.07, 6.45) is 4.26. The van der Waals surface area contributed by atoms with Gasteiger partial charge in [0.1, 0.15) is 0 Å². The number of hydrogen-bond acceptors (Lipinski definition) is 4. The Morgan fingerprint density at radius 1 is 1.12 bits per heavy atom. The average Bonchev–Trinajstić information content (AvgIpc) is 3.45. The van der Waals surface area contributed by atoms with Crippen molar-refractivity contribution in [3.8, 4) is 0 Å². The second kappa shape index (κ2) is 8.67. The van der Waals surface area contributed by atoms with Gasteiger partial charge in [-0.3, -0.25) is 19.8 Å². The van der Waals surface area contributed by atoms with Crippen molar-refractivity contribution in [3.05, 3.63) is 77.6 Å². The fourth-order valence-corrected chi connectivity index (χ4v) is 4.97. The topological polar surface area (TPSA) is 96.2 Å². The van der Waals surface area contributed by atoms with Crippen molar-refractivity contribution in [1.29, 1.82) is 0 Å². The summed E-state index contributed by atoms with van der Waals surface area (Å²) in [6.45, 7) is 2.71. The molecule has 1 fully saturated rings. The number of rotatable bonds is 5. The second-order valence-electron chi connectivity index (χ2n) is 8.75. The monoisotopic (exact) mass is 442 g/mol. The predicted molar refractivity (Wildman–Crippen MR) is 126 cm³/mol. The molecule has 2 atom stereocenters. The van der Waals surface area contributed by atoms with E-state index in [0.29, 0.717) is 18.5 Å². The number of para-hydroxylation sites is 1. The van der Waals surface area contributed by atoms with Crippen LogP contribution in [-0.4, -0.2) is 32.6 Å². The van der Waals surface area contributed by atoms with Gasteiger partial charge < -0.3 is 9.88 Å². The molecule has 1 saturated carbocycles. The molecule has 7 heteroatoms. The number of hydroxylamine groups is 1. The van der Waals surface area contributed by atoms with Crippen molar-refractivity contribution in [3.63, 3.8) is 0 Å². The lowest BCUT2D eigenvalue weighted by atomic mass is 10.0. The van der Waals surface area contributed by atoms with Crippen LogP contribution in [0.1, 0.15) is 40.9 Å². The quantitative estimate of drug-likeness (QED) is 0.322. The molecule has 2 unspecified atom stereocenters. The average molecular weight is 443 g/mol. The highest BCUT2D eigenvalue weighted by Crippen LogP contribution is 2.27. The molecule has 0 aliphatic heterocycles. The highest BCUT2D eigenvalue weighted by atomic mass is 16.5. The van der Waals surface area contributed by atoms with Gasteiger partial charge in [0, 0.05) is 46.3 Å². The Morgan fingerprint density at radius 2 is 1.97 bits per heavy atom. The van der Waals surface area contributed by atoms with Crippen LogP contribution in [0, 0.1) is 12.8 Å². The number of nitrogens with zero attached hydrogens (tertiary/aromatic N) is 2. The van der Waals surface area contributed by atoms with Crippen LogP contribution in [0.15, 0.2) is 60.8 Å². The van der Waals surface area contributed by atoms with Crippen LogP contribution < -0.4 is 10.8 Å². The summed E-state index contributed by atoms with van der Waals surface area (Å²) in [4.78, 5) is 29.3. The van der Waals surface area contributed by atoms with Gasteiger partial charge in [0.2, 0.25) is 5.91 Å². The predicted octanol–water partition coefficient (Wildman–Crippen LogP) is 3.95. The molecule has 1 aliphatic carbocycles. The number of nitrogens with one attached hydrogen (secondary N) is 2. The van der Waals surface area contributed by atoms with Crippen molar-refractivity contribution >= 4 is 33.6 Å². The summed E-state index contributed by atoms with van der Waals surface area (Å²) in [6, 6.07) is 17.7. The molecule has 2 amide bonds. The third-order valence-electron chi connectivity index (χ3n) is 6.58. The summed E-state index contributed by atoms with van der Waals surface area (Å²) in [5, 5.41) is 14.0. The number of aromatic nitrogens is 2. The third-order valence-corrected chi connectivity index (χ3v) is 6.58. The Kier molecular flexibility index (Phi) is 5.56. The summed E-state index contributed by atoms with van der Waals surface area (Å²) in [5.41, 5.74) is 6.49. The van der Waals surface area contributed by atoms with Crippen molar-refractivity contribution in [2.45, 2.75) is 38.8 Å². The van der Waals surface area contributed by atoms with E-state index in [-0.39, 0.29) is 11.9 Å². The number of benzene rings is 2. The van der Waals surface area contributed by atoms with Crippen LogP contribution in [0.2, 0.25) is 0 Å². The highest BCUT2D eigenvalue weighted by Gasteiger charge is 2.34. The molecule has 4 aromatic rings. The van der Waals surface area contributed by atoms with E-state index in [2.05, 4.69) is 27.0 Å². The number of carbonyl (C=O) groups excluding carboxylic acids is 2. The van der Waals surface area contributed by atoms with Crippen molar-refractivity contribution in [2.24, 2.45) is 5.92 Å². The molecule has 0 saturated heterocycles. The molecule has 7 nitrogen and oxygen atoms in total. The third kappa shape index (κ3) is 4.07. The minimum absolute atomic E-state index is 0.206. The van der Waals surface area contributed by atoms with Crippen molar-refractivity contribution in [1.82, 2.24) is 20.3 Å². The molecule has 0 bridgehead atoms. The first-order chi connectivity index (χ1) is 16.0. The van der Waals surface area contributed by atoms with Gasteiger partial charge in [-0.2, -0.15) is 0 Å². The lowest BCUT2D eigenvalue weighted by Gasteiger charge is -2.19. The Morgan fingerprint density at radius 3 is 2.82 bits per heavy atom. The Labute approximate surface area is 191 Å². The van der Waals surface area contributed by atoms with E-state index in [1.165, 1.54) is 5.56 Å². The SMILES string of the molecule is Cc1cc(Cn2ccc3cc(C(=O)NC4CCCC4C(=O)NO)ccc32)c2ccccc2n1. The van der Waals surface area contributed by atoms with Crippen LogP contribution in [0.25, 0.3) is 21.8 Å². The molecular formula is C26H26N4O3. The van der Waals surface area contributed by atoms with Crippen molar-refractivity contribution < 1.29 is 14.8 Å². The Bertz CT molecular complexity index is 1360. The number of aryl methyl sites for hydroxylation is 1. The fraction of sp³-hybridized carbons (Fsp3) is 0.269. The van der Waals surface area contributed by atoms with Gasteiger partial charge in [0.05, 0.1) is 11.4 Å². The largest absolute Gasteiger partial charge is 0.349 e. The number of amides is 2. The molecule has 2 aromatic heterocycles. The fourth-order valence-electron chi connectivity index (χ4n) is 4.97. The first-order valence-corrected chi connectivity index (χ1v) is 11.2. The smallest absolute Gasteiger partial charge is 0.251 e. The van der Waals surface area contributed by atoms with Crippen molar-refractivity contribution in [2.75, 3.05) is 0 Å². The normalized spacial score (nSPS) is 18.0. The zero-order valence-electron chi connectivity index (χ0n) is 18.4. The molecule has 0 radical (unpaired) electrons. The Balaban J connectivity index is 1.38. The molecule has 1 aliphatic rings. The minimum atomic E-state index is -0.441. The van der Waals surface area contributed by atoms with Gasteiger partial charge in [-0.25, -0.2) is 5.48 Å². The standard InChI is InChI=1S/C26H26N4O3/c1-16-13-19(20-5-2-3-7-22(20)27-16)15-30-12-11-17-14-18(9-10-24(17)30)25(31)28-23-8-4-6-21(23)26(32)29-33/h2-3,5,7,9-14,21,23,33H,4,6,8,15H2,1H3,(H,28,31)(H,29,32). The van der Waals surface area contributed by atoms with Gasteiger partial charge >= 0.3 is 0 Å². The molecule has 0 spiro atoms. The van der Waals surface area contributed by atoms with Crippen LogP contribution in [0.5, 0.6) is 0 Å². The van der Waals surface area contributed by atoms with E-state index in [0.717, 1.165) is 40.3 Å². The number of pyridine rings is 1. The van der Waals surface area contributed by atoms with Crippen LogP contribution in [0.4, 0.5) is 0 Å². The lowest BCUT2D eigenvalue weighted by Crippen LogP contribution is -2.43. The highest BCUT2D eigenvalue weighted by molar-refractivity contribution is 5.98. The minimum Gasteiger partial charge on any atom is -0.349 e. The molecule has 2 heterocycles. The van der Waals surface area contributed by atoms with E-state index >= 15 is 0 Å². The molecular weight excluding hydrogens is 416 g/mol. The zero-order valence-corrected chi connectivity index (χ0v) is 18.4. The van der Waals surface area contributed by atoms with E-state index in [1.807, 2.05) is 55.6 Å². The summed E-state index contributed by atoms with van der Waals surface area (Å²) in [5.74, 6) is -1.05.